The molecule has 0 aromatic heterocycles. The molecule has 1 saturated carbocycles. The highest BCUT2D eigenvalue weighted by Crippen LogP contribution is 2.66. The lowest BCUT2D eigenvalue weighted by molar-refractivity contribution is -0.143. The maximum Gasteiger partial charge on any atom is 0.416 e. The van der Waals surface area contributed by atoms with Crippen molar-refractivity contribution in [2.45, 2.75) is 47.5 Å². The molecule has 17 heteroatoms. The van der Waals surface area contributed by atoms with Gasteiger partial charge >= 0.3 is 12.4 Å². The molecule has 4 aromatic carbocycles. The molecule has 300 valence electrons. The topological polar surface area (TPSA) is 104 Å². The van der Waals surface area contributed by atoms with Gasteiger partial charge in [-0.2, -0.15) is 26.3 Å². The first-order valence-corrected chi connectivity index (χ1v) is 18.4. The van der Waals surface area contributed by atoms with Crippen molar-refractivity contribution in [2.24, 2.45) is 17.8 Å². The van der Waals surface area contributed by atoms with Crippen LogP contribution >= 0.6 is 23.2 Å². The largest absolute Gasteiger partial charge is 0.508 e. The van der Waals surface area contributed by atoms with Gasteiger partial charge in [-0.05, 0) is 72.9 Å². The van der Waals surface area contributed by atoms with E-state index >= 15 is 0 Å². The normalized spacial score (nSPS) is 27.0. The monoisotopic (exact) mass is 846 g/mol. The molecule has 8 rings (SSSR count). The van der Waals surface area contributed by atoms with Gasteiger partial charge in [0.15, 0.2) is 9.75 Å². The van der Waals surface area contributed by atoms with Crippen LogP contribution in [-0.2, 0) is 38.1 Å². The first-order chi connectivity index (χ1) is 27.3. The maximum absolute atomic E-state index is 14.6. The fourth-order valence-corrected chi connectivity index (χ4v) is 9.59. The summed E-state index contributed by atoms with van der Waals surface area (Å²) in [6, 6.07) is 17.8. The average Bonchev–Trinajstić information content (AvgIpc) is 3.51. The molecule has 2 aliphatic heterocycles. The Hall–Kier alpha value is -5.41. The molecule has 2 saturated heterocycles. The Morgan fingerprint density at radius 3 is 1.98 bits per heavy atom. The molecular formula is C41H27Cl2F7N2O6. The zero-order chi connectivity index (χ0) is 41.7. The second kappa shape index (κ2) is 13.6. The number of amides is 4. The van der Waals surface area contributed by atoms with E-state index in [1.165, 1.54) is 24.3 Å². The van der Waals surface area contributed by atoms with Crippen LogP contribution in [0.5, 0.6) is 11.5 Å². The highest BCUT2D eigenvalue weighted by atomic mass is 35.5. The van der Waals surface area contributed by atoms with Crippen LogP contribution in [0.15, 0.2) is 103 Å². The van der Waals surface area contributed by atoms with Crippen molar-refractivity contribution in [3.63, 3.8) is 0 Å². The van der Waals surface area contributed by atoms with Crippen molar-refractivity contribution in [1.82, 2.24) is 0 Å². The van der Waals surface area contributed by atoms with Crippen LogP contribution < -0.4 is 14.5 Å². The highest BCUT2D eigenvalue weighted by Gasteiger charge is 2.77. The number of anilines is 2. The van der Waals surface area contributed by atoms with E-state index in [1.54, 1.807) is 12.1 Å². The van der Waals surface area contributed by atoms with Crippen LogP contribution in [-0.4, -0.2) is 38.5 Å². The number of nitrogens with zero attached hydrogens (tertiary/aromatic N) is 2. The lowest BCUT2D eigenvalue weighted by Crippen LogP contribution is -2.60. The van der Waals surface area contributed by atoms with Gasteiger partial charge in [-0.25, -0.2) is 14.2 Å². The summed E-state index contributed by atoms with van der Waals surface area (Å²) < 4.78 is 103. The molecule has 0 radical (unpaired) electrons. The number of alkyl halides is 8. The third kappa shape index (κ3) is 6.03. The molecule has 4 aliphatic rings. The lowest BCUT2D eigenvalue weighted by Gasteiger charge is -2.50. The van der Waals surface area contributed by atoms with Crippen molar-refractivity contribution < 1.29 is 59.8 Å². The van der Waals surface area contributed by atoms with Crippen molar-refractivity contribution in [1.29, 1.82) is 0 Å². The summed E-state index contributed by atoms with van der Waals surface area (Å²) >= 11 is 14.6. The molecule has 2 aliphatic carbocycles. The number of rotatable bonds is 6. The number of aromatic hydroxyl groups is 1. The molecule has 3 fully saturated rings. The average molecular weight is 848 g/mol. The van der Waals surface area contributed by atoms with E-state index in [4.69, 9.17) is 27.9 Å². The predicted octanol–water partition coefficient (Wildman–Crippen LogP) is 8.92. The van der Waals surface area contributed by atoms with Crippen LogP contribution in [0.1, 0.15) is 41.0 Å². The molecule has 1 N–H and O–H groups in total. The standard InChI is InChI=1S/C41H27Cl2F7N2O6/c42-38-18-30-27(12-13-29-32(30)35(55)51(34(29)54)25-15-21(40(45,46)47)14-22(16-25)41(48,49)50)33(28-11-10-26(17-31(28)53)58-19-20-4-2-1-3-5-20)39(38,43)37(57)52(36(38)56)24-8-6-23(44)7-9-24/h1-12,14-17,29-30,32-33,53H,13,18-19H2. The third-order valence-electron chi connectivity index (χ3n) is 11.3. The Balaban J connectivity index is 1.24. The lowest BCUT2D eigenvalue weighted by atomic mass is 9.56. The number of allylic oxidation sites excluding steroid dienone is 2. The van der Waals surface area contributed by atoms with Crippen molar-refractivity contribution in [3.05, 3.63) is 131 Å². The quantitative estimate of drug-likeness (QED) is 0.0901. The van der Waals surface area contributed by atoms with E-state index in [9.17, 15) is 55.0 Å². The summed E-state index contributed by atoms with van der Waals surface area (Å²) in [6.45, 7) is 0.103. The minimum atomic E-state index is -5.29. The van der Waals surface area contributed by atoms with E-state index in [0.29, 0.717) is 4.90 Å². The number of imide groups is 2. The van der Waals surface area contributed by atoms with Crippen molar-refractivity contribution in [2.75, 3.05) is 9.80 Å². The SMILES string of the molecule is O=C1C2CC=C3C(CC4(Cl)C(=O)N(c5ccc(F)cc5)C(=O)C4(Cl)C3c3ccc(OCc4ccccc4)cc3O)C2C(=O)N1c1cc(C(F)(F)F)cc(C(F)(F)F)c1. The summed E-state index contributed by atoms with van der Waals surface area (Å²) in [5, 5.41) is 11.6. The number of ether oxygens (including phenoxy) is 1. The maximum atomic E-state index is 14.6. The summed E-state index contributed by atoms with van der Waals surface area (Å²) in [7, 11) is 0. The predicted molar refractivity (Wildman–Crippen MR) is 194 cm³/mol. The Bertz CT molecular complexity index is 2390. The van der Waals surface area contributed by atoms with Gasteiger partial charge in [0.2, 0.25) is 11.8 Å². The van der Waals surface area contributed by atoms with Crippen LogP contribution in [0.3, 0.4) is 0 Å². The number of phenols is 1. The third-order valence-corrected chi connectivity index (χ3v) is 12.7. The number of halogens is 9. The van der Waals surface area contributed by atoms with Crippen molar-refractivity contribution in [3.8, 4) is 11.5 Å². The Morgan fingerprint density at radius 2 is 1.38 bits per heavy atom. The number of carbonyl (C=O) groups excluding carboxylic acids is 4. The summed E-state index contributed by atoms with van der Waals surface area (Å²) in [6.07, 6.45) is -10.00. The highest BCUT2D eigenvalue weighted by molar-refractivity contribution is 6.58. The molecule has 4 aromatic rings. The first-order valence-electron chi connectivity index (χ1n) is 17.6. The first kappa shape index (κ1) is 39.4. The van der Waals surface area contributed by atoms with Gasteiger partial charge in [-0.3, -0.25) is 19.2 Å². The van der Waals surface area contributed by atoms with E-state index < -0.39 is 104 Å². The second-order valence-corrected chi connectivity index (χ2v) is 15.8. The van der Waals surface area contributed by atoms with Gasteiger partial charge in [0.1, 0.15) is 23.9 Å². The zero-order valence-electron chi connectivity index (χ0n) is 29.5. The molecule has 4 amide bonds. The van der Waals surface area contributed by atoms with Gasteiger partial charge in [0.25, 0.3) is 11.8 Å². The summed E-state index contributed by atoms with van der Waals surface area (Å²) in [5.41, 5.74) is -3.66. The van der Waals surface area contributed by atoms with Crippen LogP contribution in [0.2, 0.25) is 0 Å². The number of hydrogen-bond acceptors (Lipinski definition) is 6. The van der Waals surface area contributed by atoms with Gasteiger partial charge in [0, 0.05) is 17.5 Å². The molecule has 0 spiro atoms. The minimum absolute atomic E-state index is 0.0510. The van der Waals surface area contributed by atoms with Crippen LogP contribution in [0.4, 0.5) is 42.1 Å². The molecule has 6 unspecified atom stereocenters. The van der Waals surface area contributed by atoms with Crippen LogP contribution in [0.25, 0.3) is 0 Å². The van der Waals surface area contributed by atoms with E-state index in [-0.39, 0.29) is 58.7 Å². The van der Waals surface area contributed by atoms with Gasteiger partial charge in [0.05, 0.1) is 34.3 Å². The molecule has 2 heterocycles. The summed E-state index contributed by atoms with van der Waals surface area (Å²) in [5.74, 6) is -11.0. The fraction of sp³-hybridized carbons (Fsp3) is 0.268. The van der Waals surface area contributed by atoms with Crippen LogP contribution in [0, 0.1) is 23.6 Å². The molecule has 6 atom stereocenters. The molecular weight excluding hydrogens is 820 g/mol. The fourth-order valence-electron chi connectivity index (χ4n) is 8.66. The number of benzene rings is 4. The molecule has 8 nitrogen and oxygen atoms in total. The summed E-state index contributed by atoms with van der Waals surface area (Å²) in [4.78, 5) is 53.5. The molecule has 0 bridgehead atoms. The Kier molecular flexibility index (Phi) is 9.23. The molecule has 58 heavy (non-hydrogen) atoms. The second-order valence-electron chi connectivity index (χ2n) is 14.5. The minimum Gasteiger partial charge on any atom is -0.508 e. The smallest absolute Gasteiger partial charge is 0.416 e. The number of fused-ring (bicyclic) bond motifs is 4. The van der Waals surface area contributed by atoms with Gasteiger partial charge < -0.3 is 9.84 Å². The van der Waals surface area contributed by atoms with E-state index in [1.807, 2.05) is 18.2 Å². The number of carbonyl (C=O) groups is 4. The van der Waals surface area contributed by atoms with Gasteiger partial charge in [-0.15, -0.1) is 23.2 Å². The van der Waals surface area contributed by atoms with E-state index in [2.05, 4.69) is 0 Å². The van der Waals surface area contributed by atoms with E-state index in [0.717, 1.165) is 29.8 Å². The Labute approximate surface area is 334 Å². The van der Waals surface area contributed by atoms with Crippen molar-refractivity contribution >= 4 is 58.2 Å². The number of phenolic OH excluding ortho intramolecular Hbond substituents is 1. The zero-order valence-corrected chi connectivity index (χ0v) is 31.0. The Morgan fingerprint density at radius 1 is 0.741 bits per heavy atom. The van der Waals surface area contributed by atoms with Gasteiger partial charge in [-0.1, -0.05) is 48.0 Å². The number of hydrogen-bond donors (Lipinski definition) is 1.